The lowest BCUT2D eigenvalue weighted by Crippen LogP contribution is -2.42. The summed E-state index contributed by atoms with van der Waals surface area (Å²) in [6, 6.07) is 6.15. The second-order valence-electron chi connectivity index (χ2n) is 5.99. The Bertz CT molecular complexity index is 715. The van der Waals surface area contributed by atoms with Crippen LogP contribution in [0.1, 0.15) is 12.8 Å². The van der Waals surface area contributed by atoms with Gasteiger partial charge < -0.3 is 20.1 Å². The SMILES string of the molecule is CN=C(NCCCOC1CCOC1)NCCNS(=O)(=O)c1cccc(Cl)c1.I. The van der Waals surface area contributed by atoms with E-state index in [1.807, 2.05) is 0 Å². The molecule has 1 aromatic carbocycles. The summed E-state index contributed by atoms with van der Waals surface area (Å²) in [5.74, 6) is 0.612. The monoisotopic (exact) mass is 546 g/mol. The molecule has 3 N–H and O–H groups in total. The average Bonchev–Trinajstić information content (AvgIpc) is 3.16. The smallest absolute Gasteiger partial charge is 0.240 e. The van der Waals surface area contributed by atoms with Gasteiger partial charge in [-0.3, -0.25) is 4.99 Å². The van der Waals surface area contributed by atoms with Gasteiger partial charge in [-0.1, -0.05) is 17.7 Å². The fourth-order valence-electron chi connectivity index (χ4n) is 2.48. The molecule has 0 radical (unpaired) electrons. The largest absolute Gasteiger partial charge is 0.379 e. The van der Waals surface area contributed by atoms with E-state index in [4.69, 9.17) is 21.1 Å². The van der Waals surface area contributed by atoms with Crippen LogP contribution in [0.2, 0.25) is 5.02 Å². The third-order valence-electron chi connectivity index (χ3n) is 3.89. The van der Waals surface area contributed by atoms with Crippen LogP contribution in [0.25, 0.3) is 0 Å². The number of hydrogen-bond acceptors (Lipinski definition) is 5. The van der Waals surface area contributed by atoms with Gasteiger partial charge in [-0.15, -0.1) is 24.0 Å². The number of ether oxygens (including phenoxy) is 2. The highest BCUT2D eigenvalue weighted by atomic mass is 127. The van der Waals surface area contributed by atoms with Crippen LogP contribution in [0.4, 0.5) is 0 Å². The molecule has 0 amide bonds. The quantitative estimate of drug-likeness (QED) is 0.178. The fraction of sp³-hybridized carbons (Fsp3) is 0.588. The molecular formula is C17H28ClIN4O4S. The van der Waals surface area contributed by atoms with Crippen LogP contribution in [-0.2, 0) is 19.5 Å². The Morgan fingerprint density at radius 1 is 1.32 bits per heavy atom. The van der Waals surface area contributed by atoms with Gasteiger partial charge in [-0.2, -0.15) is 0 Å². The van der Waals surface area contributed by atoms with Crippen LogP contribution >= 0.6 is 35.6 Å². The molecule has 0 aliphatic carbocycles. The van der Waals surface area contributed by atoms with Crippen molar-refractivity contribution >= 4 is 51.6 Å². The first-order valence-electron chi connectivity index (χ1n) is 8.90. The van der Waals surface area contributed by atoms with E-state index in [9.17, 15) is 8.42 Å². The molecule has 1 aliphatic heterocycles. The van der Waals surface area contributed by atoms with Crippen molar-refractivity contribution in [3.05, 3.63) is 29.3 Å². The van der Waals surface area contributed by atoms with E-state index in [0.717, 1.165) is 19.4 Å². The third kappa shape index (κ3) is 9.23. The predicted molar refractivity (Wildman–Crippen MR) is 121 cm³/mol. The number of nitrogens with one attached hydrogen (secondary N) is 3. The summed E-state index contributed by atoms with van der Waals surface area (Å²) in [5.41, 5.74) is 0. The van der Waals surface area contributed by atoms with Crippen molar-refractivity contribution in [2.24, 2.45) is 4.99 Å². The standard InChI is InChI=1S/C17H27ClN4O4S.HI/c1-19-17(20-7-3-10-26-15-6-11-25-13-15)21-8-9-22-27(23,24)16-5-2-4-14(18)12-16;/h2,4-5,12,15,22H,3,6-11,13H2,1H3,(H2,19,20,21);1H. The highest BCUT2D eigenvalue weighted by Crippen LogP contribution is 2.14. The molecular weight excluding hydrogens is 519 g/mol. The highest BCUT2D eigenvalue weighted by molar-refractivity contribution is 14.0. The maximum Gasteiger partial charge on any atom is 0.240 e. The molecule has 11 heteroatoms. The second kappa shape index (κ2) is 13.5. The van der Waals surface area contributed by atoms with E-state index in [0.29, 0.717) is 37.3 Å². The van der Waals surface area contributed by atoms with E-state index in [1.54, 1.807) is 19.2 Å². The lowest BCUT2D eigenvalue weighted by molar-refractivity contribution is 0.0420. The molecule has 1 aromatic rings. The third-order valence-corrected chi connectivity index (χ3v) is 5.59. The molecule has 2 rings (SSSR count). The van der Waals surface area contributed by atoms with Crippen LogP contribution in [0.5, 0.6) is 0 Å². The predicted octanol–water partition coefficient (Wildman–Crippen LogP) is 1.60. The lowest BCUT2D eigenvalue weighted by atomic mass is 10.3. The Kier molecular flexibility index (Phi) is 12.3. The van der Waals surface area contributed by atoms with Crippen LogP contribution in [-0.4, -0.2) is 67.0 Å². The van der Waals surface area contributed by atoms with Crippen LogP contribution < -0.4 is 15.4 Å². The molecule has 0 aromatic heterocycles. The van der Waals surface area contributed by atoms with Gasteiger partial charge in [0.15, 0.2) is 5.96 Å². The maximum absolute atomic E-state index is 12.2. The molecule has 1 fully saturated rings. The maximum atomic E-state index is 12.2. The Balaban J connectivity index is 0.00000392. The Morgan fingerprint density at radius 2 is 2.11 bits per heavy atom. The Labute approximate surface area is 188 Å². The number of benzene rings is 1. The minimum Gasteiger partial charge on any atom is -0.379 e. The van der Waals surface area contributed by atoms with Gasteiger partial charge in [-0.05, 0) is 31.0 Å². The average molecular weight is 547 g/mol. The Hall–Kier alpha value is -0.660. The summed E-state index contributed by atoms with van der Waals surface area (Å²) in [7, 11) is -1.92. The van der Waals surface area contributed by atoms with E-state index >= 15 is 0 Å². The molecule has 1 unspecified atom stereocenters. The molecule has 1 saturated heterocycles. The number of aliphatic imine (C=N–C) groups is 1. The van der Waals surface area contributed by atoms with Crippen molar-refractivity contribution in [1.29, 1.82) is 0 Å². The van der Waals surface area contributed by atoms with Crippen LogP contribution in [0.15, 0.2) is 34.2 Å². The lowest BCUT2D eigenvalue weighted by Gasteiger charge is -2.13. The van der Waals surface area contributed by atoms with E-state index in [2.05, 4.69) is 20.3 Å². The minimum absolute atomic E-state index is 0. The summed E-state index contributed by atoms with van der Waals surface area (Å²) in [6.07, 6.45) is 2.02. The summed E-state index contributed by atoms with van der Waals surface area (Å²) >= 11 is 5.84. The van der Waals surface area contributed by atoms with Gasteiger partial charge in [0.25, 0.3) is 0 Å². The Morgan fingerprint density at radius 3 is 2.79 bits per heavy atom. The molecule has 0 spiro atoms. The number of nitrogens with zero attached hydrogens (tertiary/aromatic N) is 1. The molecule has 0 bridgehead atoms. The zero-order valence-corrected chi connectivity index (χ0v) is 19.7. The van der Waals surface area contributed by atoms with Crippen molar-refractivity contribution in [2.75, 3.05) is 46.5 Å². The molecule has 160 valence electrons. The van der Waals surface area contributed by atoms with Crippen molar-refractivity contribution in [3.63, 3.8) is 0 Å². The van der Waals surface area contributed by atoms with Gasteiger partial charge in [-0.25, -0.2) is 13.1 Å². The van der Waals surface area contributed by atoms with Crippen LogP contribution in [0.3, 0.4) is 0 Å². The number of sulfonamides is 1. The zero-order chi connectivity index (χ0) is 19.5. The topological polar surface area (TPSA) is 101 Å². The number of halogens is 2. The van der Waals surface area contributed by atoms with Gasteiger partial charge in [0.05, 0.1) is 17.6 Å². The van der Waals surface area contributed by atoms with E-state index in [1.165, 1.54) is 12.1 Å². The van der Waals surface area contributed by atoms with Crippen molar-refractivity contribution < 1.29 is 17.9 Å². The van der Waals surface area contributed by atoms with E-state index < -0.39 is 10.0 Å². The summed E-state index contributed by atoms with van der Waals surface area (Å²) in [6.45, 7) is 3.46. The molecule has 28 heavy (non-hydrogen) atoms. The van der Waals surface area contributed by atoms with Gasteiger partial charge in [0.1, 0.15) is 0 Å². The number of guanidine groups is 1. The van der Waals surface area contributed by atoms with Gasteiger partial charge >= 0.3 is 0 Å². The number of hydrogen-bond donors (Lipinski definition) is 3. The van der Waals surface area contributed by atoms with Crippen molar-refractivity contribution in [3.8, 4) is 0 Å². The summed E-state index contributed by atoms with van der Waals surface area (Å²) < 4.78 is 37.8. The highest BCUT2D eigenvalue weighted by Gasteiger charge is 2.15. The first kappa shape index (κ1) is 25.4. The van der Waals surface area contributed by atoms with Crippen LogP contribution in [0, 0.1) is 0 Å². The normalized spacial score (nSPS) is 17.2. The fourth-order valence-corrected chi connectivity index (χ4v) is 3.81. The van der Waals surface area contributed by atoms with E-state index in [-0.39, 0.29) is 41.5 Å². The first-order chi connectivity index (χ1) is 13.0. The number of rotatable bonds is 10. The van der Waals surface area contributed by atoms with Crippen molar-refractivity contribution in [2.45, 2.75) is 23.8 Å². The molecule has 8 nitrogen and oxygen atoms in total. The zero-order valence-electron chi connectivity index (χ0n) is 15.8. The van der Waals surface area contributed by atoms with Gasteiger partial charge in [0.2, 0.25) is 10.0 Å². The summed E-state index contributed by atoms with van der Waals surface area (Å²) in [4.78, 5) is 4.25. The minimum atomic E-state index is -3.58. The first-order valence-corrected chi connectivity index (χ1v) is 10.8. The second-order valence-corrected chi connectivity index (χ2v) is 8.19. The summed E-state index contributed by atoms with van der Waals surface area (Å²) in [5, 5.41) is 6.61. The molecule has 1 heterocycles. The molecule has 0 saturated carbocycles. The molecule has 1 atom stereocenters. The van der Waals surface area contributed by atoms with Crippen molar-refractivity contribution in [1.82, 2.24) is 15.4 Å². The molecule has 1 aliphatic rings. The van der Waals surface area contributed by atoms with Gasteiger partial charge in [0, 0.05) is 44.9 Å².